The lowest BCUT2D eigenvalue weighted by Crippen LogP contribution is -2.47. The topological polar surface area (TPSA) is 80.9 Å². The second kappa shape index (κ2) is 5.12. The third-order valence-electron chi connectivity index (χ3n) is 5.88. The predicted octanol–water partition coefficient (Wildman–Crippen LogP) is 2.54. The molecule has 1 heterocycles. The Labute approximate surface area is 133 Å². The van der Waals surface area contributed by atoms with E-state index in [-0.39, 0.29) is 11.3 Å². The van der Waals surface area contributed by atoms with Gasteiger partial charge in [0.1, 0.15) is 0 Å². The van der Waals surface area contributed by atoms with Gasteiger partial charge < -0.3 is 11.1 Å². The van der Waals surface area contributed by atoms with Crippen LogP contribution in [0.5, 0.6) is 0 Å². The van der Waals surface area contributed by atoms with Crippen molar-refractivity contribution in [1.29, 1.82) is 0 Å². The number of nitrogens with zero attached hydrogens (tertiary/aromatic N) is 2. The first-order valence-corrected chi connectivity index (χ1v) is 9.14. The highest BCUT2D eigenvalue weighted by Gasteiger charge is 2.61. The molecule has 3 rings (SSSR count). The Bertz CT molecular complexity index is 559. The summed E-state index contributed by atoms with van der Waals surface area (Å²) in [5, 5.41) is 11.4. The Morgan fingerprint density at radius 1 is 1.48 bits per heavy atom. The van der Waals surface area contributed by atoms with Gasteiger partial charge in [-0.15, -0.1) is 10.2 Å². The van der Waals surface area contributed by atoms with Crippen LogP contribution in [0.15, 0.2) is 4.34 Å². The van der Waals surface area contributed by atoms with E-state index in [9.17, 15) is 4.79 Å². The quantitative estimate of drug-likeness (QED) is 0.831. The fourth-order valence-electron chi connectivity index (χ4n) is 4.06. The SMILES string of the molecule is CC1(C)C2CCC1(C)C(NC(=O)CSc1nnc(N)s1)C2. The van der Waals surface area contributed by atoms with Gasteiger partial charge in [-0.1, -0.05) is 43.9 Å². The molecule has 5 nitrogen and oxygen atoms in total. The summed E-state index contributed by atoms with van der Waals surface area (Å²) in [4.78, 5) is 12.2. The monoisotopic (exact) mass is 326 g/mol. The van der Waals surface area contributed by atoms with Crippen LogP contribution in [0.1, 0.15) is 40.0 Å². The van der Waals surface area contributed by atoms with E-state index in [4.69, 9.17) is 5.73 Å². The van der Waals surface area contributed by atoms with E-state index < -0.39 is 0 Å². The van der Waals surface area contributed by atoms with Gasteiger partial charge in [0.25, 0.3) is 0 Å². The van der Waals surface area contributed by atoms with Gasteiger partial charge in [-0.25, -0.2) is 0 Å². The number of amides is 1. The lowest BCUT2D eigenvalue weighted by Gasteiger charge is -2.39. The summed E-state index contributed by atoms with van der Waals surface area (Å²) in [6, 6.07) is 0.304. The number of anilines is 1. The summed E-state index contributed by atoms with van der Waals surface area (Å²) in [6.07, 6.45) is 3.63. The molecule has 3 N–H and O–H groups in total. The number of nitrogens with two attached hydrogens (primary N) is 1. The van der Waals surface area contributed by atoms with Crippen molar-refractivity contribution in [2.75, 3.05) is 11.5 Å². The Morgan fingerprint density at radius 3 is 2.76 bits per heavy atom. The minimum absolute atomic E-state index is 0.0864. The van der Waals surface area contributed by atoms with E-state index in [1.54, 1.807) is 0 Å². The van der Waals surface area contributed by atoms with Gasteiger partial charge in [-0.3, -0.25) is 4.79 Å². The average Bonchev–Trinajstić information content (AvgIpc) is 2.98. The molecule has 2 fully saturated rings. The van der Waals surface area contributed by atoms with E-state index in [2.05, 4.69) is 36.3 Å². The van der Waals surface area contributed by atoms with Gasteiger partial charge in [0.15, 0.2) is 4.34 Å². The highest BCUT2D eigenvalue weighted by Crippen LogP contribution is 2.65. The van der Waals surface area contributed by atoms with Crippen molar-refractivity contribution >= 4 is 34.1 Å². The minimum atomic E-state index is 0.0864. The van der Waals surface area contributed by atoms with Gasteiger partial charge in [0.05, 0.1) is 5.75 Å². The van der Waals surface area contributed by atoms with Crippen molar-refractivity contribution in [3.63, 3.8) is 0 Å². The van der Waals surface area contributed by atoms with Crippen LogP contribution in [0, 0.1) is 16.7 Å². The molecule has 2 aliphatic rings. The summed E-state index contributed by atoms with van der Waals surface area (Å²) < 4.78 is 0.752. The zero-order chi connectivity index (χ0) is 15.3. The molecule has 1 aromatic heterocycles. The summed E-state index contributed by atoms with van der Waals surface area (Å²) in [5.74, 6) is 1.21. The van der Waals surface area contributed by atoms with Crippen LogP contribution in [0.25, 0.3) is 0 Å². The number of nitrogens with one attached hydrogen (secondary N) is 1. The zero-order valence-electron chi connectivity index (χ0n) is 12.7. The molecule has 3 atom stereocenters. The molecule has 0 aromatic carbocycles. The summed E-state index contributed by atoms with van der Waals surface area (Å²) in [5.41, 5.74) is 6.09. The number of nitrogen functional groups attached to an aromatic ring is 1. The first-order chi connectivity index (χ1) is 9.83. The first-order valence-electron chi connectivity index (χ1n) is 7.34. The van der Waals surface area contributed by atoms with Gasteiger partial charge in [0.2, 0.25) is 11.0 Å². The Balaban J connectivity index is 1.56. The maximum atomic E-state index is 12.2. The highest BCUT2D eigenvalue weighted by atomic mass is 32.2. The second-order valence-electron chi connectivity index (χ2n) is 6.93. The molecular formula is C14H22N4OS2. The van der Waals surface area contributed by atoms with Crippen molar-refractivity contribution in [1.82, 2.24) is 15.5 Å². The van der Waals surface area contributed by atoms with Crippen molar-refractivity contribution in [3.8, 4) is 0 Å². The second-order valence-corrected chi connectivity index (χ2v) is 9.16. The molecule has 0 spiro atoms. The van der Waals surface area contributed by atoms with Gasteiger partial charge in [0, 0.05) is 6.04 Å². The van der Waals surface area contributed by atoms with Crippen LogP contribution in [-0.2, 0) is 4.79 Å². The van der Waals surface area contributed by atoms with Crippen molar-refractivity contribution in [2.45, 2.75) is 50.4 Å². The zero-order valence-corrected chi connectivity index (χ0v) is 14.3. The number of aromatic nitrogens is 2. The molecule has 21 heavy (non-hydrogen) atoms. The summed E-state index contributed by atoms with van der Waals surface area (Å²) >= 11 is 2.73. The molecule has 1 aromatic rings. The van der Waals surface area contributed by atoms with Crippen LogP contribution in [0.4, 0.5) is 5.13 Å². The molecule has 2 aliphatic carbocycles. The normalized spacial score (nSPS) is 33.3. The third kappa shape index (κ3) is 2.44. The number of fused-ring (bicyclic) bond motifs is 2. The lowest BCUT2D eigenvalue weighted by atomic mass is 9.69. The van der Waals surface area contributed by atoms with E-state index >= 15 is 0 Å². The van der Waals surface area contributed by atoms with Crippen LogP contribution in [-0.4, -0.2) is 27.9 Å². The van der Waals surface area contributed by atoms with Crippen LogP contribution in [0.3, 0.4) is 0 Å². The number of hydrogen-bond donors (Lipinski definition) is 2. The molecular weight excluding hydrogens is 304 g/mol. The molecule has 116 valence electrons. The van der Waals surface area contributed by atoms with E-state index in [1.165, 1.54) is 35.9 Å². The first kappa shape index (κ1) is 15.1. The number of carbonyl (C=O) groups is 1. The van der Waals surface area contributed by atoms with Gasteiger partial charge >= 0.3 is 0 Å². The minimum Gasteiger partial charge on any atom is -0.374 e. The smallest absolute Gasteiger partial charge is 0.230 e. The fraction of sp³-hybridized carbons (Fsp3) is 0.786. The average molecular weight is 326 g/mol. The number of thioether (sulfide) groups is 1. The number of rotatable bonds is 4. The third-order valence-corrected chi connectivity index (χ3v) is 7.76. The number of carbonyl (C=O) groups excluding carboxylic acids is 1. The molecule has 0 radical (unpaired) electrons. The van der Waals surface area contributed by atoms with E-state index in [0.29, 0.717) is 22.3 Å². The van der Waals surface area contributed by atoms with Crippen molar-refractivity contribution < 1.29 is 4.79 Å². The van der Waals surface area contributed by atoms with Crippen LogP contribution in [0.2, 0.25) is 0 Å². The maximum absolute atomic E-state index is 12.2. The number of hydrogen-bond acceptors (Lipinski definition) is 6. The molecule has 3 unspecified atom stereocenters. The highest BCUT2D eigenvalue weighted by molar-refractivity contribution is 8.01. The Morgan fingerprint density at radius 2 is 2.24 bits per heavy atom. The Kier molecular flexibility index (Phi) is 3.68. The predicted molar refractivity (Wildman–Crippen MR) is 86.2 cm³/mol. The van der Waals surface area contributed by atoms with E-state index in [1.807, 2.05) is 0 Å². The Hall–Kier alpha value is -0.820. The van der Waals surface area contributed by atoms with Crippen LogP contribution >= 0.6 is 23.1 Å². The van der Waals surface area contributed by atoms with Crippen LogP contribution < -0.4 is 11.1 Å². The van der Waals surface area contributed by atoms with E-state index in [0.717, 1.165) is 16.7 Å². The van der Waals surface area contributed by atoms with Gasteiger partial charge in [-0.2, -0.15) is 0 Å². The van der Waals surface area contributed by atoms with Crippen molar-refractivity contribution in [2.24, 2.45) is 16.7 Å². The molecule has 0 aliphatic heterocycles. The fourth-order valence-corrected chi connectivity index (χ4v) is 5.51. The summed E-state index contributed by atoms with van der Waals surface area (Å²) in [7, 11) is 0. The molecule has 2 saturated carbocycles. The molecule has 1 amide bonds. The van der Waals surface area contributed by atoms with Gasteiger partial charge in [-0.05, 0) is 36.0 Å². The molecule has 2 bridgehead atoms. The summed E-state index contributed by atoms with van der Waals surface area (Å²) in [6.45, 7) is 7.05. The lowest BCUT2D eigenvalue weighted by molar-refractivity contribution is -0.120. The standard InChI is InChI=1S/C14H22N4OS2/c1-13(2)8-4-5-14(13,3)9(6-8)16-10(19)7-20-12-18-17-11(15)21-12/h8-9H,4-7H2,1-3H3,(H2,15,17)(H,16,19). The molecule has 0 saturated heterocycles. The molecule has 7 heteroatoms. The maximum Gasteiger partial charge on any atom is 0.230 e. The van der Waals surface area contributed by atoms with Crippen molar-refractivity contribution in [3.05, 3.63) is 0 Å². The largest absolute Gasteiger partial charge is 0.374 e.